The molecule has 1 aliphatic heterocycles. The minimum Gasteiger partial charge on any atom is -0.467 e. The molecule has 1 aliphatic carbocycles. The molecule has 2 aliphatic rings. The van der Waals surface area contributed by atoms with Crippen LogP contribution in [0.2, 0.25) is 0 Å². The molecule has 0 spiro atoms. The van der Waals surface area contributed by atoms with E-state index in [9.17, 15) is 9.59 Å². The molecule has 120 valence electrons. The fraction of sp³-hybridized carbons (Fsp3) is 0.368. The van der Waals surface area contributed by atoms with Crippen LogP contribution in [0, 0.1) is 5.92 Å². The first-order valence-electron chi connectivity index (χ1n) is 7.83. The predicted molar refractivity (Wildman–Crippen MR) is 87.8 cm³/mol. The topological polar surface area (TPSA) is 55.4 Å². The summed E-state index contributed by atoms with van der Waals surface area (Å²) in [6, 6.07) is 9.83. The Morgan fingerprint density at radius 2 is 2.04 bits per heavy atom. The van der Waals surface area contributed by atoms with Crippen LogP contribution >= 0.6 is 0 Å². The van der Waals surface area contributed by atoms with Crippen LogP contribution in [0.3, 0.4) is 0 Å². The van der Waals surface area contributed by atoms with Crippen LogP contribution in [0.15, 0.2) is 53.1 Å². The molecule has 2 unspecified atom stereocenters. The van der Waals surface area contributed by atoms with E-state index in [1.54, 1.807) is 0 Å². The van der Waals surface area contributed by atoms with Gasteiger partial charge in [-0.05, 0) is 35.3 Å². The Hall–Kier alpha value is -2.20. The van der Waals surface area contributed by atoms with Crippen molar-refractivity contribution >= 4 is 11.8 Å². The lowest BCUT2D eigenvalue weighted by molar-refractivity contribution is -0.146. The van der Waals surface area contributed by atoms with Crippen molar-refractivity contribution in [3.63, 3.8) is 0 Å². The molecule has 1 heterocycles. The van der Waals surface area contributed by atoms with Gasteiger partial charge >= 0.3 is 5.97 Å². The van der Waals surface area contributed by atoms with E-state index < -0.39 is 5.54 Å². The summed E-state index contributed by atoms with van der Waals surface area (Å²) in [6.45, 7) is 4.27. The van der Waals surface area contributed by atoms with Crippen molar-refractivity contribution in [1.82, 2.24) is 5.32 Å². The highest BCUT2D eigenvalue weighted by Crippen LogP contribution is 2.38. The van der Waals surface area contributed by atoms with E-state index in [0.29, 0.717) is 13.0 Å². The second-order valence-electron chi connectivity index (χ2n) is 6.27. The number of fused-ring (bicyclic) bond motifs is 1. The molecule has 0 aromatic heterocycles. The van der Waals surface area contributed by atoms with Gasteiger partial charge in [-0.25, -0.2) is 4.79 Å². The molecule has 0 bridgehead atoms. The largest absolute Gasteiger partial charge is 0.467 e. The maximum absolute atomic E-state index is 12.5. The summed E-state index contributed by atoms with van der Waals surface area (Å²) < 4.78 is 5.06. The highest BCUT2D eigenvalue weighted by molar-refractivity contribution is 6.05. The van der Waals surface area contributed by atoms with Crippen LogP contribution in [0.25, 0.3) is 0 Å². The fourth-order valence-electron chi connectivity index (χ4n) is 3.52. The zero-order valence-corrected chi connectivity index (χ0v) is 13.7. The molecule has 0 radical (unpaired) electrons. The maximum atomic E-state index is 12.5. The summed E-state index contributed by atoms with van der Waals surface area (Å²) in [4.78, 5) is 24.8. The molecule has 23 heavy (non-hydrogen) atoms. The normalized spacial score (nSPS) is 26.8. The van der Waals surface area contributed by atoms with Gasteiger partial charge in [0, 0.05) is 18.9 Å². The molecule has 3 rings (SSSR count). The van der Waals surface area contributed by atoms with Gasteiger partial charge in [-0.2, -0.15) is 0 Å². The van der Waals surface area contributed by atoms with Gasteiger partial charge in [0.2, 0.25) is 0 Å². The van der Waals surface area contributed by atoms with Gasteiger partial charge in [-0.3, -0.25) is 10.1 Å². The Balaban J connectivity index is 2.05. The zero-order chi connectivity index (χ0) is 16.6. The Labute approximate surface area is 136 Å². The zero-order valence-electron chi connectivity index (χ0n) is 13.7. The van der Waals surface area contributed by atoms with E-state index in [-0.39, 0.29) is 17.7 Å². The Kier molecular flexibility index (Phi) is 3.94. The van der Waals surface area contributed by atoms with Crippen molar-refractivity contribution in [2.24, 2.45) is 5.92 Å². The minimum absolute atomic E-state index is 0.147. The van der Waals surface area contributed by atoms with E-state index in [1.807, 2.05) is 50.3 Å². The molecule has 2 atom stereocenters. The lowest BCUT2D eigenvalue weighted by Crippen LogP contribution is -2.55. The number of rotatable bonds is 3. The molecule has 1 aromatic rings. The van der Waals surface area contributed by atoms with Crippen LogP contribution in [-0.2, 0) is 20.7 Å². The average molecular weight is 311 g/mol. The lowest BCUT2D eigenvalue weighted by atomic mass is 9.82. The molecule has 0 amide bonds. The van der Waals surface area contributed by atoms with Crippen molar-refractivity contribution in [1.29, 1.82) is 0 Å². The SMILES string of the molecule is COC(=O)C1(Cc2ccccc2)C=C2C(=C(C)C(=O)C2C)CN1. The molecular formula is C19H21NO3. The van der Waals surface area contributed by atoms with Gasteiger partial charge in [0.25, 0.3) is 0 Å². The van der Waals surface area contributed by atoms with Gasteiger partial charge in [-0.15, -0.1) is 0 Å². The number of ether oxygens (including phenoxy) is 1. The molecule has 0 fully saturated rings. The average Bonchev–Trinajstić information content (AvgIpc) is 2.79. The minimum atomic E-state index is -0.923. The van der Waals surface area contributed by atoms with E-state index in [2.05, 4.69) is 5.32 Å². The Bertz CT molecular complexity index is 717. The standard InChI is InChI=1S/C19H21NO3/c1-12-15-10-19(18(22)23-3,9-14-7-5-4-6-8-14)20-11-16(15)13(2)17(12)21/h4-8,10,12,20H,9,11H2,1-3H3. The fourth-order valence-corrected chi connectivity index (χ4v) is 3.52. The first-order valence-corrected chi connectivity index (χ1v) is 7.83. The maximum Gasteiger partial charge on any atom is 0.330 e. The third-order valence-electron chi connectivity index (χ3n) is 4.89. The van der Waals surface area contributed by atoms with Crippen molar-refractivity contribution in [3.8, 4) is 0 Å². The quantitative estimate of drug-likeness (QED) is 0.870. The van der Waals surface area contributed by atoms with Gasteiger partial charge in [0.1, 0.15) is 5.54 Å². The summed E-state index contributed by atoms with van der Waals surface area (Å²) in [6.07, 6.45) is 2.40. The Morgan fingerprint density at radius 1 is 1.35 bits per heavy atom. The lowest BCUT2D eigenvalue weighted by Gasteiger charge is -2.35. The molecule has 1 N–H and O–H groups in total. The van der Waals surface area contributed by atoms with Crippen molar-refractivity contribution in [2.45, 2.75) is 25.8 Å². The molecular weight excluding hydrogens is 290 g/mol. The number of hydrogen-bond acceptors (Lipinski definition) is 4. The number of ketones is 1. The number of hydrogen-bond donors (Lipinski definition) is 1. The summed E-state index contributed by atoms with van der Waals surface area (Å²) in [5.74, 6) is -0.363. The van der Waals surface area contributed by atoms with E-state index >= 15 is 0 Å². The third kappa shape index (κ3) is 2.53. The summed E-state index contributed by atoms with van der Waals surface area (Å²) >= 11 is 0. The third-order valence-corrected chi connectivity index (χ3v) is 4.89. The van der Waals surface area contributed by atoms with Crippen LogP contribution in [0.5, 0.6) is 0 Å². The number of benzene rings is 1. The van der Waals surface area contributed by atoms with Crippen LogP contribution in [0.1, 0.15) is 19.4 Å². The second-order valence-corrected chi connectivity index (χ2v) is 6.27. The van der Waals surface area contributed by atoms with E-state index in [1.165, 1.54) is 7.11 Å². The number of carbonyl (C=O) groups is 2. The summed E-state index contributed by atoms with van der Waals surface area (Å²) in [7, 11) is 1.40. The van der Waals surface area contributed by atoms with E-state index in [4.69, 9.17) is 4.74 Å². The molecule has 4 heteroatoms. The van der Waals surface area contributed by atoms with Gasteiger partial charge in [0.05, 0.1) is 7.11 Å². The predicted octanol–water partition coefficient (Wildman–Crippen LogP) is 2.21. The van der Waals surface area contributed by atoms with Gasteiger partial charge in [0.15, 0.2) is 5.78 Å². The van der Waals surface area contributed by atoms with Crippen LogP contribution in [0.4, 0.5) is 0 Å². The number of allylic oxidation sites excluding steroid dienone is 1. The number of methoxy groups -OCH3 is 1. The number of carbonyl (C=O) groups excluding carboxylic acids is 2. The van der Waals surface area contributed by atoms with Crippen molar-refractivity contribution in [2.75, 3.05) is 13.7 Å². The van der Waals surface area contributed by atoms with Gasteiger partial charge < -0.3 is 4.74 Å². The molecule has 0 saturated heterocycles. The monoisotopic (exact) mass is 311 g/mol. The first kappa shape index (κ1) is 15.7. The molecule has 0 saturated carbocycles. The smallest absolute Gasteiger partial charge is 0.330 e. The second kappa shape index (κ2) is 5.78. The highest BCUT2D eigenvalue weighted by Gasteiger charge is 2.45. The first-order chi connectivity index (χ1) is 11.0. The molecule has 4 nitrogen and oxygen atoms in total. The van der Waals surface area contributed by atoms with E-state index in [0.717, 1.165) is 22.3 Å². The summed E-state index contributed by atoms with van der Waals surface area (Å²) in [5.41, 5.74) is 2.91. The van der Waals surface area contributed by atoms with Crippen LogP contribution in [-0.4, -0.2) is 30.9 Å². The number of esters is 1. The van der Waals surface area contributed by atoms with Crippen molar-refractivity contribution in [3.05, 3.63) is 58.7 Å². The Morgan fingerprint density at radius 3 is 2.70 bits per heavy atom. The number of nitrogens with one attached hydrogen (secondary N) is 1. The number of Topliss-reactive ketones (excluding diaryl/α,β-unsaturated/α-hetero) is 1. The molecule has 1 aromatic carbocycles. The van der Waals surface area contributed by atoms with Crippen molar-refractivity contribution < 1.29 is 14.3 Å². The van der Waals surface area contributed by atoms with Gasteiger partial charge in [-0.1, -0.05) is 37.3 Å². The van der Waals surface area contributed by atoms with Crippen LogP contribution < -0.4 is 5.32 Å². The highest BCUT2D eigenvalue weighted by atomic mass is 16.5. The summed E-state index contributed by atoms with van der Waals surface area (Å²) in [5, 5.41) is 3.31.